The number of fused-ring (bicyclic) bond motifs is 2. The minimum atomic E-state index is -1.07. The third-order valence-electron chi connectivity index (χ3n) is 4.62. The number of imide groups is 1. The van der Waals surface area contributed by atoms with E-state index >= 15 is 0 Å². The summed E-state index contributed by atoms with van der Waals surface area (Å²) < 4.78 is 5.24. The lowest BCUT2D eigenvalue weighted by Crippen LogP contribution is -2.47. The van der Waals surface area contributed by atoms with E-state index in [4.69, 9.17) is 4.74 Å². The Kier molecular flexibility index (Phi) is 4.17. The number of amides is 4. The maximum absolute atomic E-state index is 13.0. The highest BCUT2D eigenvalue weighted by atomic mass is 16.5. The van der Waals surface area contributed by atoms with Crippen molar-refractivity contribution in [1.82, 2.24) is 15.5 Å². The maximum atomic E-state index is 13.0. The summed E-state index contributed by atoms with van der Waals surface area (Å²) >= 11 is 0. The van der Waals surface area contributed by atoms with E-state index < -0.39 is 11.6 Å². The van der Waals surface area contributed by atoms with Crippen LogP contribution < -0.4 is 15.4 Å². The molecule has 128 valence electrons. The highest BCUT2D eigenvalue weighted by Crippen LogP contribution is 2.41. The molecule has 0 unspecified atom stereocenters. The Morgan fingerprint density at radius 2 is 2.21 bits per heavy atom. The van der Waals surface area contributed by atoms with Crippen LogP contribution in [0.5, 0.6) is 5.75 Å². The van der Waals surface area contributed by atoms with Crippen molar-refractivity contribution in [3.63, 3.8) is 0 Å². The molecular weight excluding hydrogens is 310 g/mol. The molecular formula is C17H21N3O4. The Bertz CT molecular complexity index is 703. The molecule has 2 aliphatic rings. The molecule has 7 heteroatoms. The first kappa shape index (κ1) is 16.3. The van der Waals surface area contributed by atoms with Gasteiger partial charge in [0.05, 0.1) is 7.11 Å². The summed E-state index contributed by atoms with van der Waals surface area (Å²) in [7, 11) is 1.59. The van der Waals surface area contributed by atoms with Crippen LogP contribution in [0.3, 0.4) is 0 Å². The molecule has 1 fully saturated rings. The number of nitrogens with one attached hydrogen (secondary N) is 2. The lowest BCUT2D eigenvalue weighted by atomic mass is 9.76. The highest BCUT2D eigenvalue weighted by Gasteiger charge is 2.54. The SMILES string of the molecule is CCNC(=O)CN1C(=O)N[C@@]2(CCCc3cc(OC)ccc32)C1=O. The first-order valence-electron chi connectivity index (χ1n) is 8.10. The Balaban J connectivity index is 1.94. The second-order valence-corrected chi connectivity index (χ2v) is 6.06. The van der Waals surface area contributed by atoms with E-state index in [1.165, 1.54) is 0 Å². The quantitative estimate of drug-likeness (QED) is 0.803. The number of carbonyl (C=O) groups excluding carboxylic acids is 3. The van der Waals surface area contributed by atoms with Gasteiger partial charge in [-0.25, -0.2) is 4.79 Å². The molecule has 0 saturated carbocycles. The van der Waals surface area contributed by atoms with Crippen molar-refractivity contribution >= 4 is 17.8 Å². The number of methoxy groups -OCH3 is 1. The zero-order chi connectivity index (χ0) is 17.3. The van der Waals surface area contributed by atoms with Gasteiger partial charge in [0, 0.05) is 6.54 Å². The fourth-order valence-corrected chi connectivity index (χ4v) is 3.52. The molecule has 1 aromatic carbocycles. The summed E-state index contributed by atoms with van der Waals surface area (Å²) in [6.07, 6.45) is 2.14. The number of ether oxygens (including phenoxy) is 1. The van der Waals surface area contributed by atoms with Gasteiger partial charge in [-0.2, -0.15) is 0 Å². The van der Waals surface area contributed by atoms with E-state index in [-0.39, 0.29) is 18.4 Å². The van der Waals surface area contributed by atoms with Crippen LogP contribution in [-0.2, 0) is 21.5 Å². The standard InChI is InChI=1S/C17H21N3O4/c1-3-18-14(21)10-20-15(22)17(19-16(20)23)8-4-5-11-9-12(24-2)6-7-13(11)17/h6-7,9H,3-5,8,10H2,1-2H3,(H,18,21)(H,19,23)/t17-/m1/s1. The second kappa shape index (κ2) is 6.14. The minimum absolute atomic E-state index is 0.258. The van der Waals surface area contributed by atoms with Crippen LogP contribution in [0.2, 0.25) is 0 Å². The van der Waals surface area contributed by atoms with Crippen molar-refractivity contribution in [2.75, 3.05) is 20.2 Å². The van der Waals surface area contributed by atoms with Crippen molar-refractivity contribution in [2.24, 2.45) is 0 Å². The van der Waals surface area contributed by atoms with Crippen molar-refractivity contribution in [1.29, 1.82) is 0 Å². The van der Waals surface area contributed by atoms with Crippen molar-refractivity contribution in [2.45, 2.75) is 31.7 Å². The molecule has 7 nitrogen and oxygen atoms in total. The monoisotopic (exact) mass is 331 g/mol. The van der Waals surface area contributed by atoms with Crippen LogP contribution in [0.1, 0.15) is 30.9 Å². The number of nitrogens with zero attached hydrogens (tertiary/aromatic N) is 1. The Morgan fingerprint density at radius 1 is 1.42 bits per heavy atom. The minimum Gasteiger partial charge on any atom is -0.497 e. The predicted octanol–water partition coefficient (Wildman–Crippen LogP) is 0.915. The fourth-order valence-electron chi connectivity index (χ4n) is 3.52. The number of urea groups is 1. The summed E-state index contributed by atoms with van der Waals surface area (Å²) in [5.74, 6) is 0.0236. The number of rotatable bonds is 4. The van der Waals surface area contributed by atoms with Crippen molar-refractivity contribution in [3.8, 4) is 5.75 Å². The van der Waals surface area contributed by atoms with Crippen molar-refractivity contribution < 1.29 is 19.1 Å². The zero-order valence-corrected chi connectivity index (χ0v) is 13.8. The summed E-state index contributed by atoms with van der Waals surface area (Å²) in [5.41, 5.74) is 0.726. The van der Waals surface area contributed by atoms with Gasteiger partial charge in [0.1, 0.15) is 17.8 Å². The van der Waals surface area contributed by atoms with Gasteiger partial charge < -0.3 is 15.4 Å². The van der Waals surface area contributed by atoms with Gasteiger partial charge in [-0.3, -0.25) is 14.5 Å². The molecule has 3 rings (SSSR count). The number of carbonyl (C=O) groups is 3. The van der Waals surface area contributed by atoms with E-state index in [9.17, 15) is 14.4 Å². The average molecular weight is 331 g/mol. The van der Waals surface area contributed by atoms with E-state index in [0.717, 1.165) is 34.6 Å². The van der Waals surface area contributed by atoms with E-state index in [1.807, 2.05) is 12.1 Å². The molecule has 0 aromatic heterocycles. The molecule has 1 saturated heterocycles. The lowest BCUT2D eigenvalue weighted by molar-refractivity contribution is -0.135. The summed E-state index contributed by atoms with van der Waals surface area (Å²) in [5, 5.41) is 5.44. The molecule has 1 heterocycles. The Hall–Kier alpha value is -2.57. The topological polar surface area (TPSA) is 87.7 Å². The lowest BCUT2D eigenvalue weighted by Gasteiger charge is -2.33. The maximum Gasteiger partial charge on any atom is 0.325 e. The van der Waals surface area contributed by atoms with Crippen LogP contribution in [0.25, 0.3) is 0 Å². The first-order chi connectivity index (χ1) is 11.5. The van der Waals surface area contributed by atoms with Gasteiger partial charge in [0.25, 0.3) is 5.91 Å². The molecule has 24 heavy (non-hydrogen) atoms. The molecule has 2 N–H and O–H groups in total. The Labute approximate surface area is 140 Å². The number of hydrogen-bond donors (Lipinski definition) is 2. The smallest absolute Gasteiger partial charge is 0.325 e. The summed E-state index contributed by atoms with van der Waals surface area (Å²) in [4.78, 5) is 38.1. The number of likely N-dealkylation sites (N-methyl/N-ethyl adjacent to an activating group) is 1. The van der Waals surface area contributed by atoms with Gasteiger partial charge in [-0.15, -0.1) is 0 Å². The second-order valence-electron chi connectivity index (χ2n) is 6.06. The van der Waals surface area contributed by atoms with Gasteiger partial charge in [0.2, 0.25) is 5.91 Å². The molecule has 1 aliphatic heterocycles. The Morgan fingerprint density at radius 3 is 2.92 bits per heavy atom. The van der Waals surface area contributed by atoms with E-state index in [0.29, 0.717) is 13.0 Å². The summed E-state index contributed by atoms with van der Waals surface area (Å²) in [6, 6.07) is 5.01. The van der Waals surface area contributed by atoms with Gasteiger partial charge >= 0.3 is 6.03 Å². The summed E-state index contributed by atoms with van der Waals surface area (Å²) in [6.45, 7) is 1.98. The van der Waals surface area contributed by atoms with Crippen LogP contribution >= 0.6 is 0 Å². The van der Waals surface area contributed by atoms with Gasteiger partial charge in [-0.1, -0.05) is 6.07 Å². The zero-order valence-electron chi connectivity index (χ0n) is 13.8. The molecule has 4 amide bonds. The fraction of sp³-hybridized carbons (Fsp3) is 0.471. The number of hydrogen-bond acceptors (Lipinski definition) is 4. The molecule has 1 aliphatic carbocycles. The average Bonchev–Trinajstić information content (AvgIpc) is 2.80. The van der Waals surface area contributed by atoms with Crippen LogP contribution in [0.15, 0.2) is 18.2 Å². The van der Waals surface area contributed by atoms with Crippen LogP contribution in [0.4, 0.5) is 4.79 Å². The van der Waals surface area contributed by atoms with E-state index in [1.54, 1.807) is 20.1 Å². The molecule has 1 aromatic rings. The third kappa shape index (κ3) is 2.50. The molecule has 0 radical (unpaired) electrons. The highest BCUT2D eigenvalue weighted by molar-refractivity contribution is 6.09. The van der Waals surface area contributed by atoms with Gasteiger partial charge in [-0.05, 0) is 49.4 Å². The van der Waals surface area contributed by atoms with E-state index in [2.05, 4.69) is 10.6 Å². The molecule has 1 atom stereocenters. The molecule has 1 spiro atoms. The third-order valence-corrected chi connectivity index (χ3v) is 4.62. The first-order valence-corrected chi connectivity index (χ1v) is 8.10. The predicted molar refractivity (Wildman–Crippen MR) is 86.5 cm³/mol. The van der Waals surface area contributed by atoms with Gasteiger partial charge in [0.15, 0.2) is 0 Å². The largest absolute Gasteiger partial charge is 0.497 e. The van der Waals surface area contributed by atoms with Crippen molar-refractivity contribution in [3.05, 3.63) is 29.3 Å². The number of aryl methyl sites for hydroxylation is 1. The van der Waals surface area contributed by atoms with Crippen LogP contribution in [-0.4, -0.2) is 42.9 Å². The normalized spacial score (nSPS) is 22.3. The van der Waals surface area contributed by atoms with Crippen LogP contribution in [0, 0.1) is 0 Å². The molecule has 0 bridgehead atoms. The number of benzene rings is 1.